The fourth-order valence-corrected chi connectivity index (χ4v) is 1.74. The van der Waals surface area contributed by atoms with E-state index in [-0.39, 0.29) is 0 Å². The molecular weight excluding hydrogens is 124 g/mol. The highest BCUT2D eigenvalue weighted by Gasteiger charge is 2.26. The van der Waals surface area contributed by atoms with Gasteiger partial charge in [0.1, 0.15) is 0 Å². The van der Waals surface area contributed by atoms with Gasteiger partial charge in [-0.15, -0.1) is 0 Å². The maximum Gasteiger partial charge on any atom is 0.0254 e. The lowest BCUT2D eigenvalue weighted by molar-refractivity contribution is 0.250. The predicted molar refractivity (Wildman–Crippen MR) is 44.1 cm³/mol. The van der Waals surface area contributed by atoms with E-state index in [2.05, 4.69) is 31.2 Å². The molecule has 1 fully saturated rings. The van der Waals surface area contributed by atoms with Gasteiger partial charge in [-0.25, -0.2) is 0 Å². The van der Waals surface area contributed by atoms with Crippen molar-refractivity contribution in [2.45, 2.75) is 19.4 Å². The van der Waals surface area contributed by atoms with E-state index in [0.717, 1.165) is 12.0 Å². The summed E-state index contributed by atoms with van der Waals surface area (Å²) in [6.45, 7) is 4.65. The molecule has 0 aromatic carbocycles. The second-order valence-electron chi connectivity index (χ2n) is 3.36. The van der Waals surface area contributed by atoms with Crippen LogP contribution in [-0.2, 0) is 0 Å². The lowest BCUT2D eigenvalue weighted by Crippen LogP contribution is -2.34. The van der Waals surface area contributed by atoms with Gasteiger partial charge in [0.25, 0.3) is 0 Å². The van der Waals surface area contributed by atoms with E-state index in [0.29, 0.717) is 0 Å². The third kappa shape index (κ3) is 1.50. The molecule has 0 amide bonds. The molecule has 2 nitrogen and oxygen atoms in total. The second-order valence-corrected chi connectivity index (χ2v) is 3.36. The van der Waals surface area contributed by atoms with Crippen LogP contribution in [0.1, 0.15) is 13.3 Å². The van der Waals surface area contributed by atoms with Crippen molar-refractivity contribution in [3.8, 4) is 0 Å². The molecule has 0 aliphatic carbocycles. The van der Waals surface area contributed by atoms with Crippen LogP contribution in [0.3, 0.4) is 0 Å². The fraction of sp³-hybridized carbons (Fsp3) is 1.00. The minimum atomic E-state index is 0.769. The summed E-state index contributed by atoms with van der Waals surface area (Å²) in [6.07, 6.45) is 1.30. The van der Waals surface area contributed by atoms with Crippen molar-refractivity contribution in [2.24, 2.45) is 5.92 Å². The molecule has 2 heteroatoms. The van der Waals surface area contributed by atoms with E-state index in [4.69, 9.17) is 0 Å². The van der Waals surface area contributed by atoms with Gasteiger partial charge >= 0.3 is 0 Å². The molecule has 0 saturated carbocycles. The molecule has 1 heterocycles. The summed E-state index contributed by atoms with van der Waals surface area (Å²) in [5, 5.41) is 3.41. The molecule has 0 unspecified atom stereocenters. The van der Waals surface area contributed by atoms with E-state index in [1.807, 2.05) is 0 Å². The van der Waals surface area contributed by atoms with Crippen LogP contribution in [0, 0.1) is 5.92 Å². The van der Waals surface area contributed by atoms with Gasteiger partial charge in [0, 0.05) is 12.6 Å². The number of rotatable bonds is 2. The molecule has 1 aliphatic rings. The summed E-state index contributed by atoms with van der Waals surface area (Å²) in [5.74, 6) is 0.870. The lowest BCUT2D eigenvalue weighted by Gasteiger charge is -2.23. The van der Waals surface area contributed by atoms with E-state index in [1.54, 1.807) is 0 Å². The van der Waals surface area contributed by atoms with E-state index >= 15 is 0 Å². The lowest BCUT2D eigenvalue weighted by atomic mass is 10.0. The van der Waals surface area contributed by atoms with E-state index in [9.17, 15) is 0 Å². The quantitative estimate of drug-likeness (QED) is 0.605. The zero-order chi connectivity index (χ0) is 7.56. The molecular formula is C8H18N2. The zero-order valence-corrected chi connectivity index (χ0v) is 7.22. The molecule has 1 N–H and O–H groups in total. The van der Waals surface area contributed by atoms with Crippen LogP contribution < -0.4 is 5.32 Å². The highest BCUT2D eigenvalue weighted by Crippen LogP contribution is 2.15. The molecule has 2 atom stereocenters. The number of nitrogens with one attached hydrogen (secondary N) is 1. The Morgan fingerprint density at radius 3 is 2.50 bits per heavy atom. The number of nitrogens with zero attached hydrogens (tertiary/aromatic N) is 1. The van der Waals surface area contributed by atoms with Crippen LogP contribution >= 0.6 is 0 Å². The Labute approximate surface area is 63.6 Å². The van der Waals surface area contributed by atoms with Crippen molar-refractivity contribution in [1.82, 2.24) is 10.2 Å². The Kier molecular flexibility index (Phi) is 2.69. The fourth-order valence-electron chi connectivity index (χ4n) is 1.74. The minimum Gasteiger partial charge on any atom is -0.315 e. The first kappa shape index (κ1) is 8.02. The molecule has 0 spiro atoms. The monoisotopic (exact) mass is 142 g/mol. The van der Waals surface area contributed by atoms with Crippen molar-refractivity contribution in [3.05, 3.63) is 0 Å². The van der Waals surface area contributed by atoms with Gasteiger partial charge in [-0.3, -0.25) is 0 Å². The summed E-state index contributed by atoms with van der Waals surface area (Å²) >= 11 is 0. The Bertz CT molecular complexity index is 101. The normalized spacial score (nSPS) is 33.6. The molecule has 1 rings (SSSR count). The topological polar surface area (TPSA) is 15.3 Å². The zero-order valence-electron chi connectivity index (χ0n) is 7.22. The van der Waals surface area contributed by atoms with E-state index in [1.165, 1.54) is 19.5 Å². The van der Waals surface area contributed by atoms with Crippen LogP contribution in [0.15, 0.2) is 0 Å². The van der Waals surface area contributed by atoms with Crippen molar-refractivity contribution in [3.63, 3.8) is 0 Å². The van der Waals surface area contributed by atoms with Crippen molar-refractivity contribution < 1.29 is 0 Å². The first-order chi connectivity index (χ1) is 4.75. The Hall–Kier alpha value is -0.0800. The first-order valence-electron chi connectivity index (χ1n) is 4.12. The average Bonchev–Trinajstić information content (AvgIpc) is 2.33. The number of likely N-dealkylation sites (N-methyl/N-ethyl adjacent to an activating group) is 1. The predicted octanol–water partition coefficient (Wildman–Crippen LogP) is 0.546. The summed E-state index contributed by atoms with van der Waals surface area (Å²) in [5.41, 5.74) is 0. The van der Waals surface area contributed by atoms with Crippen molar-refractivity contribution in [1.29, 1.82) is 0 Å². The Morgan fingerprint density at radius 2 is 2.10 bits per heavy atom. The third-order valence-electron chi connectivity index (χ3n) is 2.49. The summed E-state index contributed by atoms with van der Waals surface area (Å²) < 4.78 is 0. The summed E-state index contributed by atoms with van der Waals surface area (Å²) in [6, 6.07) is 0.769. The minimum absolute atomic E-state index is 0.769. The molecule has 10 heavy (non-hydrogen) atoms. The third-order valence-corrected chi connectivity index (χ3v) is 2.49. The van der Waals surface area contributed by atoms with Gasteiger partial charge in [-0.2, -0.15) is 0 Å². The standard InChI is InChI=1S/C8H18N2/c1-4-7-5-9-6-8(7)10(2)3/h7-9H,4-6H2,1-3H3/t7-,8-/m1/s1. The van der Waals surface area contributed by atoms with Crippen LogP contribution in [0.2, 0.25) is 0 Å². The van der Waals surface area contributed by atoms with Crippen LogP contribution in [0.5, 0.6) is 0 Å². The second kappa shape index (κ2) is 3.35. The highest BCUT2D eigenvalue weighted by atomic mass is 15.2. The summed E-state index contributed by atoms with van der Waals surface area (Å²) in [4.78, 5) is 2.33. The van der Waals surface area contributed by atoms with Gasteiger partial charge in [0.15, 0.2) is 0 Å². The largest absolute Gasteiger partial charge is 0.315 e. The molecule has 1 aliphatic heterocycles. The Morgan fingerprint density at radius 1 is 1.40 bits per heavy atom. The SMILES string of the molecule is CC[C@@H]1CNC[C@H]1N(C)C. The first-order valence-corrected chi connectivity index (χ1v) is 4.12. The number of hydrogen-bond acceptors (Lipinski definition) is 2. The molecule has 1 saturated heterocycles. The van der Waals surface area contributed by atoms with Gasteiger partial charge in [0.05, 0.1) is 0 Å². The number of hydrogen-bond donors (Lipinski definition) is 1. The van der Waals surface area contributed by atoms with Crippen LogP contribution in [0.25, 0.3) is 0 Å². The van der Waals surface area contributed by atoms with Gasteiger partial charge in [-0.1, -0.05) is 13.3 Å². The molecule has 0 radical (unpaired) electrons. The van der Waals surface area contributed by atoms with Crippen LogP contribution in [-0.4, -0.2) is 38.1 Å². The highest BCUT2D eigenvalue weighted by molar-refractivity contribution is 4.85. The summed E-state index contributed by atoms with van der Waals surface area (Å²) in [7, 11) is 4.33. The van der Waals surface area contributed by atoms with Gasteiger partial charge in [0.2, 0.25) is 0 Å². The molecule has 0 aromatic rings. The average molecular weight is 142 g/mol. The van der Waals surface area contributed by atoms with Crippen molar-refractivity contribution >= 4 is 0 Å². The van der Waals surface area contributed by atoms with Crippen molar-refractivity contribution in [2.75, 3.05) is 27.2 Å². The molecule has 0 aromatic heterocycles. The molecule has 0 bridgehead atoms. The van der Waals surface area contributed by atoms with Gasteiger partial charge in [-0.05, 0) is 26.6 Å². The Balaban J connectivity index is 2.42. The van der Waals surface area contributed by atoms with Crippen LogP contribution in [0.4, 0.5) is 0 Å². The molecule has 60 valence electrons. The smallest absolute Gasteiger partial charge is 0.0254 e. The maximum atomic E-state index is 3.41. The maximum absolute atomic E-state index is 3.41. The van der Waals surface area contributed by atoms with E-state index < -0.39 is 0 Å². The van der Waals surface area contributed by atoms with Gasteiger partial charge < -0.3 is 10.2 Å².